The zero-order valence-corrected chi connectivity index (χ0v) is 11.7. The molecule has 0 spiro atoms. The Labute approximate surface area is 114 Å². The normalized spacial score (nSPS) is 21.3. The molecular formula is C15H22N2O2. The van der Waals surface area contributed by atoms with Gasteiger partial charge in [-0.2, -0.15) is 0 Å². The maximum atomic E-state index is 10.7. The molecule has 0 saturated carbocycles. The van der Waals surface area contributed by atoms with Gasteiger partial charge in [-0.1, -0.05) is 31.2 Å². The molecule has 0 radical (unpaired) electrons. The molecule has 1 aliphatic rings. The summed E-state index contributed by atoms with van der Waals surface area (Å²) >= 11 is 0. The van der Waals surface area contributed by atoms with Crippen molar-refractivity contribution in [3.8, 4) is 0 Å². The van der Waals surface area contributed by atoms with Gasteiger partial charge in [-0.15, -0.1) is 0 Å². The molecule has 0 heterocycles. The zero-order valence-electron chi connectivity index (χ0n) is 11.7. The quantitative estimate of drug-likeness (QED) is 0.632. The maximum Gasteiger partial charge on any atom is 0.211 e. The summed E-state index contributed by atoms with van der Waals surface area (Å²) in [5.41, 5.74) is 2.67. The standard InChI is InChI=1S/C15H22N2O2/c1-4-5-14-13(11(2)9-16-3)7-6-12(19)8-15(14)17-10-18/h4-8,10-12,16,19H,9H2,1-3H3,(H,17,18)/b5-4-/t11-,12?/m0/s1. The van der Waals surface area contributed by atoms with Crippen LogP contribution in [0.3, 0.4) is 0 Å². The van der Waals surface area contributed by atoms with Crippen molar-refractivity contribution in [1.82, 2.24) is 10.6 Å². The van der Waals surface area contributed by atoms with Gasteiger partial charge in [0.15, 0.2) is 0 Å². The van der Waals surface area contributed by atoms with Gasteiger partial charge in [0.25, 0.3) is 0 Å². The second-order valence-corrected chi connectivity index (χ2v) is 4.52. The highest BCUT2D eigenvalue weighted by atomic mass is 16.3. The van der Waals surface area contributed by atoms with Gasteiger partial charge in [0.05, 0.1) is 6.10 Å². The lowest BCUT2D eigenvalue weighted by molar-refractivity contribution is -0.108. The average molecular weight is 262 g/mol. The number of hydrogen-bond acceptors (Lipinski definition) is 3. The van der Waals surface area contributed by atoms with Crippen LogP contribution in [0, 0.1) is 5.92 Å². The van der Waals surface area contributed by atoms with E-state index in [-0.39, 0.29) is 5.92 Å². The van der Waals surface area contributed by atoms with Gasteiger partial charge < -0.3 is 15.7 Å². The average Bonchev–Trinajstić information content (AvgIpc) is 2.51. The lowest BCUT2D eigenvalue weighted by Crippen LogP contribution is -2.20. The fraction of sp³-hybridized carbons (Fsp3) is 0.400. The van der Waals surface area contributed by atoms with Crippen molar-refractivity contribution in [3.63, 3.8) is 0 Å². The smallest absolute Gasteiger partial charge is 0.211 e. The Hall–Kier alpha value is -1.65. The van der Waals surface area contributed by atoms with E-state index in [1.807, 2.05) is 32.2 Å². The van der Waals surface area contributed by atoms with Crippen molar-refractivity contribution in [2.75, 3.05) is 13.6 Å². The first kappa shape index (κ1) is 15.4. The van der Waals surface area contributed by atoms with E-state index in [0.29, 0.717) is 12.1 Å². The highest BCUT2D eigenvalue weighted by Gasteiger charge is 2.16. The Morgan fingerprint density at radius 2 is 2.26 bits per heavy atom. The van der Waals surface area contributed by atoms with E-state index >= 15 is 0 Å². The first-order valence-corrected chi connectivity index (χ1v) is 6.44. The summed E-state index contributed by atoms with van der Waals surface area (Å²) in [6.45, 7) is 4.86. The lowest BCUT2D eigenvalue weighted by Gasteiger charge is -2.17. The topological polar surface area (TPSA) is 61.4 Å². The third-order valence-electron chi connectivity index (χ3n) is 3.00. The summed E-state index contributed by atoms with van der Waals surface area (Å²) in [5.74, 6) is 0.273. The van der Waals surface area contributed by atoms with Crippen LogP contribution in [0.2, 0.25) is 0 Å². The monoisotopic (exact) mass is 262 g/mol. The number of aliphatic hydroxyl groups excluding tert-OH is 1. The largest absolute Gasteiger partial charge is 0.385 e. The van der Waals surface area contributed by atoms with Crippen LogP contribution < -0.4 is 10.6 Å². The van der Waals surface area contributed by atoms with Crippen molar-refractivity contribution >= 4 is 6.41 Å². The molecular weight excluding hydrogens is 240 g/mol. The molecule has 4 heteroatoms. The summed E-state index contributed by atoms with van der Waals surface area (Å²) in [5, 5.41) is 15.6. The molecule has 3 N–H and O–H groups in total. The molecule has 19 heavy (non-hydrogen) atoms. The van der Waals surface area contributed by atoms with Crippen LogP contribution in [0.25, 0.3) is 0 Å². The second kappa shape index (κ2) is 7.71. The molecule has 1 unspecified atom stereocenters. The Bertz CT molecular complexity index is 433. The molecule has 0 aromatic rings. The predicted octanol–water partition coefficient (Wildman–Crippen LogP) is 1.28. The number of amides is 1. The molecule has 1 aliphatic carbocycles. The van der Waals surface area contributed by atoms with Crippen molar-refractivity contribution in [2.45, 2.75) is 20.0 Å². The summed E-state index contributed by atoms with van der Waals surface area (Å²) in [6.07, 6.45) is 9.11. The van der Waals surface area contributed by atoms with Crippen molar-refractivity contribution in [3.05, 3.63) is 47.2 Å². The zero-order chi connectivity index (χ0) is 14.3. The minimum atomic E-state index is -0.693. The first-order chi connectivity index (χ1) is 9.13. The fourth-order valence-corrected chi connectivity index (χ4v) is 2.15. The van der Waals surface area contributed by atoms with E-state index in [1.165, 1.54) is 0 Å². The number of aliphatic hydroxyl groups is 1. The number of carbonyl (C=O) groups excluding carboxylic acids is 1. The van der Waals surface area contributed by atoms with E-state index < -0.39 is 6.10 Å². The molecule has 2 atom stereocenters. The molecule has 1 rings (SSSR count). The van der Waals surface area contributed by atoms with Gasteiger partial charge in [0, 0.05) is 17.8 Å². The van der Waals surface area contributed by atoms with E-state index in [2.05, 4.69) is 17.6 Å². The minimum absolute atomic E-state index is 0.273. The SMILES string of the molecule is C/C=C\C1=C([C@@H](C)CNC)C=CC(O)C=C1NC=O. The molecule has 0 fully saturated rings. The van der Waals surface area contributed by atoms with E-state index in [4.69, 9.17) is 0 Å². The fourth-order valence-electron chi connectivity index (χ4n) is 2.15. The van der Waals surface area contributed by atoms with E-state index in [0.717, 1.165) is 17.7 Å². The summed E-state index contributed by atoms with van der Waals surface area (Å²) in [7, 11) is 1.90. The van der Waals surface area contributed by atoms with Crippen LogP contribution in [0.5, 0.6) is 0 Å². The van der Waals surface area contributed by atoms with Gasteiger partial charge in [-0.25, -0.2) is 0 Å². The number of allylic oxidation sites excluding steroid dienone is 3. The van der Waals surface area contributed by atoms with Gasteiger partial charge >= 0.3 is 0 Å². The maximum absolute atomic E-state index is 10.7. The Balaban J connectivity index is 3.28. The van der Waals surface area contributed by atoms with Crippen LogP contribution in [0.15, 0.2) is 47.2 Å². The second-order valence-electron chi connectivity index (χ2n) is 4.52. The highest BCUT2D eigenvalue weighted by molar-refractivity contribution is 5.59. The number of hydrogen-bond donors (Lipinski definition) is 3. The molecule has 0 aromatic heterocycles. The molecule has 0 aliphatic heterocycles. The molecule has 0 aromatic carbocycles. The number of carbonyl (C=O) groups is 1. The Kier molecular flexibility index (Phi) is 6.25. The van der Waals surface area contributed by atoms with Crippen LogP contribution in [0.1, 0.15) is 13.8 Å². The van der Waals surface area contributed by atoms with Gasteiger partial charge in [-0.05, 0) is 31.5 Å². The third kappa shape index (κ3) is 4.19. The van der Waals surface area contributed by atoms with Crippen molar-refractivity contribution in [2.24, 2.45) is 5.92 Å². The highest BCUT2D eigenvalue weighted by Crippen LogP contribution is 2.25. The number of rotatable bonds is 6. The Morgan fingerprint density at radius 3 is 2.84 bits per heavy atom. The van der Waals surface area contributed by atoms with Gasteiger partial charge in [-0.3, -0.25) is 4.79 Å². The van der Waals surface area contributed by atoms with Crippen LogP contribution >= 0.6 is 0 Å². The summed E-state index contributed by atoms with van der Waals surface area (Å²) < 4.78 is 0. The van der Waals surface area contributed by atoms with Gasteiger partial charge in [0.1, 0.15) is 0 Å². The molecule has 1 amide bonds. The van der Waals surface area contributed by atoms with Crippen molar-refractivity contribution < 1.29 is 9.90 Å². The van der Waals surface area contributed by atoms with Gasteiger partial charge in [0.2, 0.25) is 6.41 Å². The molecule has 0 bridgehead atoms. The summed E-state index contributed by atoms with van der Waals surface area (Å²) in [6, 6.07) is 0. The van der Waals surface area contributed by atoms with E-state index in [9.17, 15) is 9.90 Å². The molecule has 104 valence electrons. The predicted molar refractivity (Wildman–Crippen MR) is 77.4 cm³/mol. The molecule has 0 saturated heterocycles. The molecule has 4 nitrogen and oxygen atoms in total. The third-order valence-corrected chi connectivity index (χ3v) is 3.00. The lowest BCUT2D eigenvalue weighted by atomic mass is 9.93. The van der Waals surface area contributed by atoms with E-state index in [1.54, 1.807) is 12.2 Å². The summed E-state index contributed by atoms with van der Waals surface area (Å²) in [4.78, 5) is 10.7. The number of nitrogens with one attached hydrogen (secondary N) is 2. The van der Waals surface area contributed by atoms with Crippen molar-refractivity contribution in [1.29, 1.82) is 0 Å². The minimum Gasteiger partial charge on any atom is -0.385 e. The van der Waals surface area contributed by atoms with Crippen LogP contribution in [-0.4, -0.2) is 31.2 Å². The van der Waals surface area contributed by atoms with Crippen LogP contribution in [-0.2, 0) is 4.79 Å². The first-order valence-electron chi connectivity index (χ1n) is 6.44. The Morgan fingerprint density at radius 1 is 1.53 bits per heavy atom. The van der Waals surface area contributed by atoms with Crippen LogP contribution in [0.4, 0.5) is 0 Å².